The highest BCUT2D eigenvalue weighted by atomic mass is 16.5. The first-order valence-electron chi connectivity index (χ1n) is 11.6. The average Bonchev–Trinajstić information content (AvgIpc) is 2.75. The van der Waals surface area contributed by atoms with Gasteiger partial charge in [0, 0.05) is 53.9 Å². The second kappa shape index (κ2) is 16.7. The van der Waals surface area contributed by atoms with E-state index in [4.69, 9.17) is 14.2 Å². The van der Waals surface area contributed by atoms with Crippen molar-refractivity contribution in [3.63, 3.8) is 0 Å². The van der Waals surface area contributed by atoms with E-state index in [-0.39, 0.29) is 11.8 Å². The Labute approximate surface area is 195 Å². The molecule has 0 bridgehead atoms. The Morgan fingerprint density at radius 2 is 1.81 bits per heavy atom. The molecule has 1 unspecified atom stereocenters. The highest BCUT2D eigenvalue weighted by Crippen LogP contribution is 2.21. The fourth-order valence-corrected chi connectivity index (χ4v) is 3.27. The van der Waals surface area contributed by atoms with E-state index in [2.05, 4.69) is 24.0 Å². The minimum absolute atomic E-state index is 0.101. The predicted molar refractivity (Wildman–Crippen MR) is 129 cm³/mol. The van der Waals surface area contributed by atoms with E-state index >= 15 is 0 Å². The van der Waals surface area contributed by atoms with E-state index in [0.717, 1.165) is 37.1 Å². The van der Waals surface area contributed by atoms with Crippen LogP contribution < -0.4 is 0 Å². The molecule has 0 radical (unpaired) electrons. The zero-order valence-electron chi connectivity index (χ0n) is 21.6. The van der Waals surface area contributed by atoms with Crippen LogP contribution in [0.1, 0.15) is 60.3 Å². The van der Waals surface area contributed by atoms with Gasteiger partial charge in [0.05, 0.1) is 18.7 Å². The molecule has 0 aliphatic heterocycles. The molecule has 0 saturated carbocycles. The molecule has 0 fully saturated rings. The lowest BCUT2D eigenvalue weighted by Gasteiger charge is -2.28. The Morgan fingerprint density at radius 1 is 1.12 bits per heavy atom. The fourth-order valence-electron chi connectivity index (χ4n) is 3.27. The van der Waals surface area contributed by atoms with Gasteiger partial charge in [-0.1, -0.05) is 19.1 Å². The number of nitrogens with zero attached hydrogens (tertiary/aromatic N) is 2. The molecule has 0 rings (SSSR count). The number of methoxy groups -OCH3 is 1. The van der Waals surface area contributed by atoms with Crippen LogP contribution in [0.5, 0.6) is 0 Å². The minimum atomic E-state index is -0.872. The molecule has 0 spiro atoms. The summed E-state index contributed by atoms with van der Waals surface area (Å²) in [4.78, 5) is 27.5. The van der Waals surface area contributed by atoms with E-state index in [9.17, 15) is 9.59 Å². The number of carbonyl (C=O) groups is 2. The summed E-state index contributed by atoms with van der Waals surface area (Å²) in [5.74, 6) is 1.11. The maximum absolute atomic E-state index is 12.3. The Kier molecular flexibility index (Phi) is 15.8. The molecule has 0 heterocycles. The third-order valence-corrected chi connectivity index (χ3v) is 5.25. The topological polar surface area (TPSA) is 68.3 Å². The maximum atomic E-state index is 12.3. The molecule has 0 aliphatic carbocycles. The fraction of sp³-hybridized carbons (Fsp3) is 0.760. The lowest BCUT2D eigenvalue weighted by Crippen LogP contribution is -2.31. The van der Waals surface area contributed by atoms with Gasteiger partial charge in [-0.25, -0.2) is 0 Å². The molecule has 0 aliphatic rings. The van der Waals surface area contributed by atoms with Crippen LogP contribution in [0.15, 0.2) is 23.6 Å². The van der Waals surface area contributed by atoms with Gasteiger partial charge in [-0.2, -0.15) is 0 Å². The van der Waals surface area contributed by atoms with Crippen molar-refractivity contribution in [2.75, 3.05) is 54.1 Å². The quantitative estimate of drug-likeness (QED) is 0.135. The Hall–Kier alpha value is -1.86. The smallest absolute Gasteiger partial charge is 0.224 e. The number of rotatable bonds is 18. The lowest BCUT2D eigenvalue weighted by atomic mass is 10.0. The van der Waals surface area contributed by atoms with Gasteiger partial charge in [-0.05, 0) is 46.5 Å². The van der Waals surface area contributed by atoms with E-state index in [0.29, 0.717) is 39.2 Å². The summed E-state index contributed by atoms with van der Waals surface area (Å²) in [7, 11) is 5.57. The number of amides is 1. The van der Waals surface area contributed by atoms with Gasteiger partial charge in [-0.15, -0.1) is 0 Å². The molecule has 7 nitrogen and oxygen atoms in total. The standard InChI is InChI=1S/C25H46N2O5/c1-9-22(19-27(7)24(29)15-18-31-10-2)13-11-14-23(26(6)16-12-17-30-8)21(3)32-25(4,5)20-28/h11,13,20,22H,9-10,12,14-19H2,1-8H3/b13-11-,23-21-. The number of aldehydes is 1. The van der Waals surface area contributed by atoms with Crippen LogP contribution in [0.3, 0.4) is 0 Å². The largest absolute Gasteiger partial charge is 0.483 e. The van der Waals surface area contributed by atoms with E-state index in [1.54, 1.807) is 25.9 Å². The summed E-state index contributed by atoms with van der Waals surface area (Å²) in [6.07, 6.45) is 8.06. The van der Waals surface area contributed by atoms with Crippen molar-refractivity contribution in [3.05, 3.63) is 23.6 Å². The number of carbonyl (C=O) groups excluding carboxylic acids is 2. The van der Waals surface area contributed by atoms with Crippen molar-refractivity contribution in [2.45, 2.75) is 65.9 Å². The summed E-state index contributed by atoms with van der Waals surface area (Å²) in [6, 6.07) is 0. The van der Waals surface area contributed by atoms with E-state index < -0.39 is 5.60 Å². The molecular formula is C25H46N2O5. The zero-order valence-corrected chi connectivity index (χ0v) is 21.6. The molecular weight excluding hydrogens is 408 g/mol. The van der Waals surface area contributed by atoms with Crippen molar-refractivity contribution >= 4 is 12.2 Å². The molecule has 1 atom stereocenters. The predicted octanol–water partition coefficient (Wildman–Crippen LogP) is 4.04. The summed E-state index contributed by atoms with van der Waals surface area (Å²) in [5.41, 5.74) is 0.159. The number of hydrogen-bond acceptors (Lipinski definition) is 6. The van der Waals surface area contributed by atoms with Crippen LogP contribution in [-0.2, 0) is 23.8 Å². The highest BCUT2D eigenvalue weighted by Gasteiger charge is 2.21. The maximum Gasteiger partial charge on any atom is 0.224 e. The minimum Gasteiger partial charge on any atom is -0.483 e. The highest BCUT2D eigenvalue weighted by molar-refractivity contribution is 5.75. The summed E-state index contributed by atoms with van der Waals surface area (Å²) in [6.45, 7) is 12.8. The molecule has 0 aromatic carbocycles. The third-order valence-electron chi connectivity index (χ3n) is 5.25. The Bertz CT molecular complexity index is 601. The number of hydrogen-bond donors (Lipinski definition) is 0. The van der Waals surface area contributed by atoms with Crippen molar-refractivity contribution in [3.8, 4) is 0 Å². The van der Waals surface area contributed by atoms with Crippen LogP contribution in [0.25, 0.3) is 0 Å². The van der Waals surface area contributed by atoms with Gasteiger partial charge in [-0.3, -0.25) is 9.59 Å². The second-order valence-electron chi connectivity index (χ2n) is 8.62. The van der Waals surface area contributed by atoms with Crippen LogP contribution in [0.2, 0.25) is 0 Å². The summed E-state index contributed by atoms with van der Waals surface area (Å²) in [5, 5.41) is 0. The number of allylic oxidation sites excluding steroid dienone is 2. The van der Waals surface area contributed by atoms with Crippen molar-refractivity contribution < 1.29 is 23.8 Å². The molecule has 1 amide bonds. The average molecular weight is 455 g/mol. The molecule has 186 valence electrons. The van der Waals surface area contributed by atoms with Crippen LogP contribution >= 0.6 is 0 Å². The SMILES string of the molecule is CCOCCC(=O)N(C)CC(/C=C\C/C(=C(\C)OC(C)(C)C=O)N(C)CCCOC)CC. The van der Waals surface area contributed by atoms with Crippen molar-refractivity contribution in [1.82, 2.24) is 9.80 Å². The van der Waals surface area contributed by atoms with E-state index in [1.165, 1.54) is 0 Å². The molecule has 0 aromatic heterocycles. The normalized spacial score (nSPS) is 13.6. The summed E-state index contributed by atoms with van der Waals surface area (Å²) < 4.78 is 16.4. The lowest BCUT2D eigenvalue weighted by molar-refractivity contribution is -0.131. The second-order valence-corrected chi connectivity index (χ2v) is 8.62. The Balaban J connectivity index is 5.20. The van der Waals surface area contributed by atoms with Crippen molar-refractivity contribution in [2.24, 2.45) is 5.92 Å². The Morgan fingerprint density at radius 3 is 2.38 bits per heavy atom. The molecule has 7 heteroatoms. The third kappa shape index (κ3) is 12.9. The van der Waals surface area contributed by atoms with Gasteiger partial charge in [0.15, 0.2) is 11.9 Å². The van der Waals surface area contributed by atoms with Crippen LogP contribution in [-0.4, -0.2) is 81.7 Å². The first kappa shape index (κ1) is 30.1. The molecule has 0 saturated heterocycles. The first-order valence-corrected chi connectivity index (χ1v) is 11.6. The number of ether oxygens (including phenoxy) is 3. The van der Waals surface area contributed by atoms with Crippen LogP contribution in [0.4, 0.5) is 0 Å². The molecule has 0 aromatic rings. The van der Waals surface area contributed by atoms with Gasteiger partial charge >= 0.3 is 0 Å². The summed E-state index contributed by atoms with van der Waals surface area (Å²) >= 11 is 0. The van der Waals surface area contributed by atoms with E-state index in [1.807, 2.05) is 27.9 Å². The van der Waals surface area contributed by atoms with Gasteiger partial charge in [0.25, 0.3) is 0 Å². The molecule has 32 heavy (non-hydrogen) atoms. The first-order chi connectivity index (χ1) is 15.1. The van der Waals surface area contributed by atoms with Crippen molar-refractivity contribution in [1.29, 1.82) is 0 Å². The zero-order chi connectivity index (χ0) is 24.6. The van der Waals surface area contributed by atoms with Gasteiger partial charge in [0.2, 0.25) is 5.91 Å². The molecule has 0 N–H and O–H groups in total. The van der Waals surface area contributed by atoms with Gasteiger partial charge < -0.3 is 24.0 Å². The van der Waals surface area contributed by atoms with Gasteiger partial charge in [0.1, 0.15) is 5.76 Å². The van der Waals surface area contributed by atoms with Crippen LogP contribution in [0, 0.1) is 5.92 Å². The monoisotopic (exact) mass is 454 g/mol.